The van der Waals surface area contributed by atoms with Gasteiger partial charge in [-0.1, -0.05) is 0 Å². The van der Waals surface area contributed by atoms with Crippen molar-refractivity contribution in [3.8, 4) is 0 Å². The monoisotopic (exact) mass is 268 g/mol. The summed E-state index contributed by atoms with van der Waals surface area (Å²) in [6, 6.07) is 1.14. The number of aliphatic hydroxyl groups is 1. The van der Waals surface area contributed by atoms with Crippen molar-refractivity contribution >= 4 is 6.03 Å². The van der Waals surface area contributed by atoms with Gasteiger partial charge in [-0.05, 0) is 64.7 Å². The first kappa shape index (κ1) is 14.6. The number of rotatable bonds is 2. The molecule has 2 fully saturated rings. The van der Waals surface area contributed by atoms with Crippen LogP contribution in [0.5, 0.6) is 0 Å². The summed E-state index contributed by atoms with van der Waals surface area (Å²) in [6.45, 7) is 4.59. The zero-order valence-electron chi connectivity index (χ0n) is 12.3. The second kappa shape index (κ2) is 6.60. The maximum atomic E-state index is 12.4. The quantitative estimate of drug-likeness (QED) is 0.808. The summed E-state index contributed by atoms with van der Waals surface area (Å²) in [5.74, 6) is 0.445. The first-order chi connectivity index (χ1) is 9.11. The topological polar surface area (TPSA) is 52.6 Å². The number of urea groups is 1. The molecule has 4 heteroatoms. The Morgan fingerprint density at radius 2 is 1.68 bits per heavy atom. The second-order valence-electron chi connectivity index (χ2n) is 6.39. The molecule has 4 nitrogen and oxygen atoms in total. The third-order valence-electron chi connectivity index (χ3n) is 4.86. The van der Waals surface area contributed by atoms with Gasteiger partial charge in [-0.15, -0.1) is 0 Å². The molecule has 2 unspecified atom stereocenters. The average molecular weight is 268 g/mol. The first-order valence-electron chi connectivity index (χ1n) is 7.81. The highest BCUT2D eigenvalue weighted by Crippen LogP contribution is 2.26. The second-order valence-corrected chi connectivity index (χ2v) is 6.39. The fourth-order valence-electron chi connectivity index (χ4n) is 3.56. The Kier molecular flexibility index (Phi) is 5.08. The molecule has 19 heavy (non-hydrogen) atoms. The fraction of sp³-hybridized carbons (Fsp3) is 0.933. The van der Waals surface area contributed by atoms with Crippen LogP contribution in [0.15, 0.2) is 0 Å². The van der Waals surface area contributed by atoms with E-state index in [0.717, 1.165) is 38.5 Å². The van der Waals surface area contributed by atoms with Crippen LogP contribution in [0, 0.1) is 5.92 Å². The van der Waals surface area contributed by atoms with Gasteiger partial charge in [0.1, 0.15) is 0 Å². The Bertz CT molecular complexity index is 291. The zero-order chi connectivity index (χ0) is 13.8. The first-order valence-corrected chi connectivity index (χ1v) is 7.81. The lowest BCUT2D eigenvalue weighted by Gasteiger charge is -2.40. The number of nitrogens with one attached hydrogen (secondary N) is 1. The van der Waals surface area contributed by atoms with Gasteiger partial charge in [0.25, 0.3) is 0 Å². The van der Waals surface area contributed by atoms with Crippen LogP contribution in [0.1, 0.15) is 58.8 Å². The molecule has 0 aromatic rings. The summed E-state index contributed by atoms with van der Waals surface area (Å²) in [5, 5.41) is 12.3. The summed E-state index contributed by atoms with van der Waals surface area (Å²) in [4.78, 5) is 14.4. The van der Waals surface area contributed by atoms with E-state index in [1.807, 2.05) is 4.90 Å². The molecule has 2 rings (SSSR count). The highest BCUT2D eigenvalue weighted by molar-refractivity contribution is 5.75. The predicted molar refractivity (Wildman–Crippen MR) is 76.0 cm³/mol. The Balaban J connectivity index is 1.83. The summed E-state index contributed by atoms with van der Waals surface area (Å²) < 4.78 is 0. The molecule has 1 saturated carbocycles. The van der Waals surface area contributed by atoms with E-state index >= 15 is 0 Å². The Labute approximate surface area is 116 Å². The van der Waals surface area contributed by atoms with Crippen LogP contribution >= 0.6 is 0 Å². The number of hydrogen-bond donors (Lipinski definition) is 2. The van der Waals surface area contributed by atoms with E-state index in [1.54, 1.807) is 0 Å². The molecular formula is C15H28N2O2. The molecule has 2 atom stereocenters. The number of aliphatic hydroxyl groups excluding tert-OH is 1. The molecule has 2 aliphatic rings. The lowest BCUT2D eigenvalue weighted by molar-refractivity contribution is 0.115. The van der Waals surface area contributed by atoms with Crippen molar-refractivity contribution in [3.63, 3.8) is 0 Å². The molecule has 1 aliphatic heterocycles. The van der Waals surface area contributed by atoms with Crippen LogP contribution < -0.4 is 5.32 Å². The van der Waals surface area contributed by atoms with Gasteiger partial charge in [0.15, 0.2) is 0 Å². The van der Waals surface area contributed by atoms with Crippen molar-refractivity contribution in [2.75, 3.05) is 6.61 Å². The van der Waals surface area contributed by atoms with Crippen molar-refractivity contribution in [3.05, 3.63) is 0 Å². The maximum absolute atomic E-state index is 12.4. The Morgan fingerprint density at radius 1 is 1.11 bits per heavy atom. The Morgan fingerprint density at radius 3 is 2.21 bits per heavy atom. The number of amides is 2. The molecule has 2 amide bonds. The highest BCUT2D eigenvalue weighted by atomic mass is 16.3. The van der Waals surface area contributed by atoms with Gasteiger partial charge in [0, 0.05) is 24.7 Å². The molecule has 1 aliphatic carbocycles. The summed E-state index contributed by atoms with van der Waals surface area (Å²) >= 11 is 0. The van der Waals surface area contributed by atoms with Gasteiger partial charge < -0.3 is 15.3 Å². The maximum Gasteiger partial charge on any atom is 0.318 e. The molecule has 1 heterocycles. The zero-order valence-corrected chi connectivity index (χ0v) is 12.3. The number of carbonyl (C=O) groups is 1. The number of hydrogen-bond acceptors (Lipinski definition) is 2. The van der Waals surface area contributed by atoms with Gasteiger partial charge in [-0.3, -0.25) is 0 Å². The standard InChI is InChI=1S/C15H28N2O2/c1-11-4-3-5-12(2)17(11)15(19)16-14-8-6-13(10-18)7-9-14/h11-14,18H,3-10H2,1-2H3,(H,16,19). The molecule has 110 valence electrons. The van der Waals surface area contributed by atoms with E-state index < -0.39 is 0 Å². The predicted octanol–water partition coefficient (Wildman–Crippen LogP) is 2.51. The van der Waals surface area contributed by atoms with Crippen LogP contribution in [0.2, 0.25) is 0 Å². The highest BCUT2D eigenvalue weighted by Gasteiger charge is 2.31. The summed E-state index contributed by atoms with van der Waals surface area (Å²) in [5.41, 5.74) is 0. The largest absolute Gasteiger partial charge is 0.396 e. The molecule has 0 spiro atoms. The van der Waals surface area contributed by atoms with E-state index in [-0.39, 0.29) is 6.03 Å². The SMILES string of the molecule is CC1CCCC(C)N1C(=O)NC1CCC(CO)CC1. The van der Waals surface area contributed by atoms with Crippen molar-refractivity contribution in [1.29, 1.82) is 0 Å². The molecule has 0 aromatic heterocycles. The number of carbonyl (C=O) groups excluding carboxylic acids is 1. The number of likely N-dealkylation sites (tertiary alicyclic amines) is 1. The summed E-state index contributed by atoms with van der Waals surface area (Å²) in [6.07, 6.45) is 7.55. The van der Waals surface area contributed by atoms with Gasteiger partial charge in [0.05, 0.1) is 0 Å². The van der Waals surface area contributed by atoms with Crippen molar-refractivity contribution in [2.24, 2.45) is 5.92 Å². The van der Waals surface area contributed by atoms with E-state index in [2.05, 4.69) is 19.2 Å². The van der Waals surface area contributed by atoms with Gasteiger partial charge in [-0.2, -0.15) is 0 Å². The van der Waals surface area contributed by atoms with E-state index in [1.165, 1.54) is 6.42 Å². The van der Waals surface area contributed by atoms with Crippen molar-refractivity contribution in [1.82, 2.24) is 10.2 Å². The van der Waals surface area contributed by atoms with Gasteiger partial charge >= 0.3 is 6.03 Å². The lowest BCUT2D eigenvalue weighted by Crippen LogP contribution is -2.54. The molecule has 1 saturated heterocycles. The molecule has 0 aromatic carbocycles. The number of piperidine rings is 1. The molecule has 2 N–H and O–H groups in total. The van der Waals surface area contributed by atoms with Crippen LogP contribution in [-0.4, -0.2) is 40.8 Å². The number of nitrogens with zero attached hydrogens (tertiary/aromatic N) is 1. The minimum absolute atomic E-state index is 0.118. The lowest BCUT2D eigenvalue weighted by atomic mass is 9.86. The smallest absolute Gasteiger partial charge is 0.318 e. The van der Waals surface area contributed by atoms with Crippen LogP contribution in [0.4, 0.5) is 4.79 Å². The van der Waals surface area contributed by atoms with Crippen LogP contribution in [-0.2, 0) is 0 Å². The van der Waals surface area contributed by atoms with Crippen molar-refractivity contribution < 1.29 is 9.90 Å². The fourth-order valence-corrected chi connectivity index (χ4v) is 3.56. The van der Waals surface area contributed by atoms with Crippen LogP contribution in [0.3, 0.4) is 0 Å². The minimum Gasteiger partial charge on any atom is -0.396 e. The molecule has 0 bridgehead atoms. The molecular weight excluding hydrogens is 240 g/mol. The van der Waals surface area contributed by atoms with Gasteiger partial charge in [0.2, 0.25) is 0 Å². The van der Waals surface area contributed by atoms with Gasteiger partial charge in [-0.25, -0.2) is 4.79 Å². The van der Waals surface area contributed by atoms with Crippen LogP contribution in [0.25, 0.3) is 0 Å². The van der Waals surface area contributed by atoms with E-state index in [4.69, 9.17) is 5.11 Å². The molecule has 0 radical (unpaired) electrons. The third kappa shape index (κ3) is 3.62. The van der Waals surface area contributed by atoms with E-state index in [0.29, 0.717) is 30.7 Å². The average Bonchev–Trinajstić information content (AvgIpc) is 2.39. The Hall–Kier alpha value is -0.770. The summed E-state index contributed by atoms with van der Waals surface area (Å²) in [7, 11) is 0. The van der Waals surface area contributed by atoms with Crippen molar-refractivity contribution in [2.45, 2.75) is 76.9 Å². The minimum atomic E-state index is 0.118. The van der Waals surface area contributed by atoms with E-state index in [9.17, 15) is 4.79 Å². The third-order valence-corrected chi connectivity index (χ3v) is 4.86. The normalized spacial score (nSPS) is 36.1.